The van der Waals surface area contributed by atoms with Crippen LogP contribution in [0.4, 0.5) is 0 Å². The van der Waals surface area contributed by atoms with Gasteiger partial charge in [0.2, 0.25) is 0 Å². The molecule has 0 N–H and O–H groups in total. The molecule has 1 aromatic carbocycles. The predicted molar refractivity (Wildman–Crippen MR) is 76.7 cm³/mol. The molecule has 0 saturated carbocycles. The van der Waals surface area contributed by atoms with Gasteiger partial charge in [0.05, 0.1) is 12.2 Å². The molecule has 2 rings (SSSR count). The second kappa shape index (κ2) is 6.58. The zero-order chi connectivity index (χ0) is 14.4. The summed E-state index contributed by atoms with van der Waals surface area (Å²) in [5.74, 6) is 0.589. The number of nitrogens with zero attached hydrogens (tertiary/aromatic N) is 2. The molecular formula is C16H16N2O2. The zero-order valence-corrected chi connectivity index (χ0v) is 11.4. The Hall–Kier alpha value is -2.54. The third-order valence-corrected chi connectivity index (χ3v) is 3.02. The van der Waals surface area contributed by atoms with E-state index in [-0.39, 0.29) is 5.56 Å². The highest BCUT2D eigenvalue weighted by molar-refractivity contribution is 5.42. The van der Waals surface area contributed by atoms with E-state index in [0.29, 0.717) is 30.9 Å². The SMILES string of the molecule is Cc1cccn(CCCOc2ccccc2C#N)c1=O. The first kappa shape index (κ1) is 13.9. The molecule has 0 aliphatic carbocycles. The minimum Gasteiger partial charge on any atom is -0.492 e. The van der Waals surface area contributed by atoms with E-state index in [2.05, 4.69) is 6.07 Å². The number of ether oxygens (including phenoxy) is 1. The van der Waals surface area contributed by atoms with Gasteiger partial charge in [0.15, 0.2) is 0 Å². The number of aryl methyl sites for hydroxylation is 2. The average molecular weight is 268 g/mol. The van der Waals surface area contributed by atoms with Crippen LogP contribution in [0.5, 0.6) is 5.75 Å². The summed E-state index contributed by atoms with van der Waals surface area (Å²) in [7, 11) is 0. The molecule has 0 fully saturated rings. The van der Waals surface area contributed by atoms with Gasteiger partial charge in [-0.05, 0) is 31.5 Å². The normalized spacial score (nSPS) is 10.0. The van der Waals surface area contributed by atoms with Gasteiger partial charge in [-0.2, -0.15) is 5.26 Å². The molecule has 0 radical (unpaired) electrons. The van der Waals surface area contributed by atoms with Crippen LogP contribution in [0.1, 0.15) is 17.5 Å². The minimum absolute atomic E-state index is 0.0323. The highest BCUT2D eigenvalue weighted by atomic mass is 16.5. The van der Waals surface area contributed by atoms with Crippen LogP contribution in [0, 0.1) is 18.3 Å². The van der Waals surface area contributed by atoms with Gasteiger partial charge >= 0.3 is 0 Å². The lowest BCUT2D eigenvalue weighted by Gasteiger charge is -2.09. The van der Waals surface area contributed by atoms with Crippen LogP contribution in [0.3, 0.4) is 0 Å². The van der Waals surface area contributed by atoms with Crippen LogP contribution < -0.4 is 10.3 Å². The highest BCUT2D eigenvalue weighted by Crippen LogP contribution is 2.16. The second-order valence-electron chi connectivity index (χ2n) is 4.50. The number of para-hydroxylation sites is 1. The Kier molecular flexibility index (Phi) is 4.56. The first-order chi connectivity index (χ1) is 9.72. The van der Waals surface area contributed by atoms with E-state index in [0.717, 1.165) is 5.56 Å². The molecular weight excluding hydrogens is 252 g/mol. The quantitative estimate of drug-likeness (QED) is 0.783. The largest absolute Gasteiger partial charge is 0.492 e. The summed E-state index contributed by atoms with van der Waals surface area (Å²) in [5, 5.41) is 8.94. The van der Waals surface area contributed by atoms with E-state index in [1.54, 1.807) is 42.0 Å². The maximum Gasteiger partial charge on any atom is 0.253 e. The van der Waals surface area contributed by atoms with Gasteiger partial charge in [0.25, 0.3) is 5.56 Å². The Morgan fingerprint density at radius 3 is 2.85 bits per heavy atom. The van der Waals surface area contributed by atoms with E-state index in [9.17, 15) is 4.79 Å². The van der Waals surface area contributed by atoms with E-state index in [1.165, 1.54) is 0 Å². The zero-order valence-electron chi connectivity index (χ0n) is 11.4. The van der Waals surface area contributed by atoms with Gasteiger partial charge in [-0.25, -0.2) is 0 Å². The van der Waals surface area contributed by atoms with Crippen molar-refractivity contribution in [2.75, 3.05) is 6.61 Å². The molecule has 0 unspecified atom stereocenters. The Labute approximate surface area is 117 Å². The van der Waals surface area contributed by atoms with Crippen LogP contribution in [-0.2, 0) is 6.54 Å². The van der Waals surface area contributed by atoms with Gasteiger partial charge in [0.1, 0.15) is 11.8 Å². The topological polar surface area (TPSA) is 55.0 Å². The number of aromatic nitrogens is 1. The average Bonchev–Trinajstić information content (AvgIpc) is 2.48. The summed E-state index contributed by atoms with van der Waals surface area (Å²) in [6.07, 6.45) is 2.49. The molecule has 0 saturated heterocycles. The van der Waals surface area contributed by atoms with Crippen LogP contribution in [0.25, 0.3) is 0 Å². The maximum absolute atomic E-state index is 11.8. The summed E-state index contributed by atoms with van der Waals surface area (Å²) in [5.41, 5.74) is 1.30. The molecule has 1 heterocycles. The van der Waals surface area contributed by atoms with Gasteiger partial charge in [0, 0.05) is 18.3 Å². The Morgan fingerprint density at radius 2 is 2.05 bits per heavy atom. The van der Waals surface area contributed by atoms with Crippen molar-refractivity contribution in [1.82, 2.24) is 4.57 Å². The summed E-state index contributed by atoms with van der Waals surface area (Å²) >= 11 is 0. The highest BCUT2D eigenvalue weighted by Gasteiger charge is 2.02. The lowest BCUT2D eigenvalue weighted by atomic mass is 10.2. The smallest absolute Gasteiger partial charge is 0.253 e. The van der Waals surface area contributed by atoms with E-state index >= 15 is 0 Å². The van der Waals surface area contributed by atoms with Crippen molar-refractivity contribution in [3.8, 4) is 11.8 Å². The second-order valence-corrected chi connectivity index (χ2v) is 4.50. The lowest BCUT2D eigenvalue weighted by Crippen LogP contribution is -2.22. The van der Waals surface area contributed by atoms with Crippen LogP contribution in [-0.4, -0.2) is 11.2 Å². The Bertz CT molecular complexity index is 683. The maximum atomic E-state index is 11.8. The molecule has 1 aromatic heterocycles. The van der Waals surface area contributed by atoms with Gasteiger partial charge in [-0.3, -0.25) is 4.79 Å². The number of benzene rings is 1. The molecule has 102 valence electrons. The molecule has 4 heteroatoms. The molecule has 0 atom stereocenters. The number of pyridine rings is 1. The van der Waals surface area contributed by atoms with Crippen molar-refractivity contribution < 1.29 is 4.74 Å². The standard InChI is InChI=1S/C16H16N2O2/c1-13-6-4-9-18(16(13)19)10-5-11-20-15-8-3-2-7-14(15)12-17/h2-4,6-9H,5,10-11H2,1H3. The van der Waals surface area contributed by atoms with Crippen LogP contribution in [0.15, 0.2) is 47.4 Å². The number of rotatable bonds is 5. The van der Waals surface area contributed by atoms with Crippen molar-refractivity contribution in [2.45, 2.75) is 19.9 Å². The van der Waals surface area contributed by atoms with Gasteiger partial charge in [-0.15, -0.1) is 0 Å². The summed E-state index contributed by atoms with van der Waals surface area (Å²) in [6, 6.07) is 12.9. The Morgan fingerprint density at radius 1 is 1.25 bits per heavy atom. The van der Waals surface area contributed by atoms with Crippen molar-refractivity contribution in [3.63, 3.8) is 0 Å². The minimum atomic E-state index is 0.0323. The van der Waals surface area contributed by atoms with Gasteiger partial charge in [-0.1, -0.05) is 18.2 Å². The fourth-order valence-corrected chi connectivity index (χ4v) is 1.93. The number of nitriles is 1. The Balaban J connectivity index is 1.90. The fourth-order valence-electron chi connectivity index (χ4n) is 1.93. The van der Waals surface area contributed by atoms with Crippen molar-refractivity contribution in [2.24, 2.45) is 0 Å². The van der Waals surface area contributed by atoms with Crippen molar-refractivity contribution in [3.05, 3.63) is 64.1 Å². The molecule has 0 spiro atoms. The van der Waals surface area contributed by atoms with E-state index < -0.39 is 0 Å². The predicted octanol–water partition coefficient (Wildman–Crippen LogP) is 2.50. The summed E-state index contributed by atoms with van der Waals surface area (Å²) in [4.78, 5) is 11.8. The molecule has 4 nitrogen and oxygen atoms in total. The molecule has 0 amide bonds. The van der Waals surface area contributed by atoms with E-state index in [1.807, 2.05) is 12.1 Å². The summed E-state index contributed by atoms with van der Waals surface area (Å²) in [6.45, 7) is 2.88. The van der Waals surface area contributed by atoms with Crippen molar-refractivity contribution >= 4 is 0 Å². The first-order valence-electron chi connectivity index (χ1n) is 6.50. The van der Waals surface area contributed by atoms with Crippen LogP contribution in [0.2, 0.25) is 0 Å². The molecule has 0 bridgehead atoms. The monoisotopic (exact) mass is 268 g/mol. The molecule has 0 aliphatic rings. The third kappa shape index (κ3) is 3.27. The number of hydrogen-bond donors (Lipinski definition) is 0. The molecule has 0 aliphatic heterocycles. The number of hydrogen-bond acceptors (Lipinski definition) is 3. The lowest BCUT2D eigenvalue weighted by molar-refractivity contribution is 0.300. The van der Waals surface area contributed by atoms with Gasteiger partial charge < -0.3 is 9.30 Å². The summed E-state index contributed by atoms with van der Waals surface area (Å²) < 4.78 is 7.26. The molecule has 20 heavy (non-hydrogen) atoms. The molecule has 2 aromatic rings. The van der Waals surface area contributed by atoms with E-state index in [4.69, 9.17) is 10.00 Å². The van der Waals surface area contributed by atoms with Crippen LogP contribution >= 0.6 is 0 Å². The van der Waals surface area contributed by atoms with Crippen molar-refractivity contribution in [1.29, 1.82) is 5.26 Å². The fraction of sp³-hybridized carbons (Fsp3) is 0.250. The first-order valence-corrected chi connectivity index (χ1v) is 6.50. The third-order valence-electron chi connectivity index (χ3n) is 3.02.